The van der Waals surface area contributed by atoms with Crippen molar-refractivity contribution in [3.05, 3.63) is 83.3 Å². The van der Waals surface area contributed by atoms with E-state index in [1.54, 1.807) is 41.3 Å². The van der Waals surface area contributed by atoms with Crippen molar-refractivity contribution in [2.75, 3.05) is 6.54 Å². The molecule has 2 amide bonds. The summed E-state index contributed by atoms with van der Waals surface area (Å²) in [5.74, 6) is 0.0101. The Labute approximate surface area is 166 Å². The number of rotatable bonds is 6. The summed E-state index contributed by atoms with van der Waals surface area (Å²) >= 11 is 0. The molecule has 0 aliphatic carbocycles. The first-order valence-corrected chi connectivity index (χ1v) is 9.26. The Morgan fingerprint density at radius 2 is 1.93 bits per heavy atom. The maximum Gasteiger partial charge on any atom is 0.251 e. The van der Waals surface area contributed by atoms with Crippen molar-refractivity contribution in [1.29, 1.82) is 0 Å². The van der Waals surface area contributed by atoms with Crippen molar-refractivity contribution in [2.24, 2.45) is 0 Å². The van der Waals surface area contributed by atoms with Crippen LogP contribution in [0.3, 0.4) is 0 Å². The number of benzene rings is 2. The molecule has 1 atom stereocenters. The lowest BCUT2D eigenvalue weighted by atomic mass is 10.1. The van der Waals surface area contributed by atoms with Gasteiger partial charge < -0.3 is 14.7 Å². The summed E-state index contributed by atoms with van der Waals surface area (Å²) in [6.45, 7) is 0.986. The van der Waals surface area contributed by atoms with Crippen LogP contribution in [0.15, 0.2) is 59.1 Å². The van der Waals surface area contributed by atoms with Gasteiger partial charge in [0.25, 0.3) is 5.91 Å². The molecule has 2 aromatic carbocycles. The minimum Gasteiger partial charge on any atom is -0.343 e. The van der Waals surface area contributed by atoms with E-state index in [9.17, 15) is 14.0 Å². The molecule has 1 aromatic heterocycles. The fourth-order valence-corrected chi connectivity index (χ4v) is 3.26. The molecule has 1 fully saturated rings. The molecule has 7 nitrogen and oxygen atoms in total. The number of likely N-dealkylation sites (tertiary alicyclic amines) is 1. The molecule has 0 bridgehead atoms. The van der Waals surface area contributed by atoms with Crippen LogP contribution in [0.4, 0.5) is 4.39 Å². The van der Waals surface area contributed by atoms with Crippen LogP contribution in [-0.4, -0.2) is 33.4 Å². The Morgan fingerprint density at radius 3 is 2.69 bits per heavy atom. The standard InChI is InChI=1S/C21H19FN4O3/c22-17-8-6-14(7-9-17)12-26-13-16(10-19(26)27)20-24-18(29-25-20)11-23-21(28)15-4-2-1-3-5-15/h1-9,16H,10-13H2,(H,23,28)/t16-/m1/s1. The molecule has 2 heterocycles. The van der Waals surface area contributed by atoms with Crippen LogP contribution < -0.4 is 5.32 Å². The lowest BCUT2D eigenvalue weighted by molar-refractivity contribution is -0.128. The highest BCUT2D eigenvalue weighted by atomic mass is 19.1. The van der Waals surface area contributed by atoms with Crippen molar-refractivity contribution in [1.82, 2.24) is 20.4 Å². The third-order valence-electron chi connectivity index (χ3n) is 4.79. The molecule has 0 unspecified atom stereocenters. The summed E-state index contributed by atoms with van der Waals surface area (Å²) in [6, 6.07) is 14.9. The highest BCUT2D eigenvalue weighted by Crippen LogP contribution is 2.27. The molecular formula is C21H19FN4O3. The molecule has 1 N–H and O–H groups in total. The van der Waals surface area contributed by atoms with Crippen LogP contribution in [-0.2, 0) is 17.9 Å². The number of halogens is 1. The summed E-state index contributed by atoms with van der Waals surface area (Å²) in [5.41, 5.74) is 1.41. The number of amides is 2. The van der Waals surface area contributed by atoms with Crippen LogP contribution in [0.2, 0.25) is 0 Å². The average molecular weight is 394 g/mol. The molecule has 29 heavy (non-hydrogen) atoms. The second-order valence-corrected chi connectivity index (χ2v) is 6.90. The predicted molar refractivity (Wildman–Crippen MR) is 101 cm³/mol. The Hall–Kier alpha value is -3.55. The molecule has 0 spiro atoms. The Morgan fingerprint density at radius 1 is 1.17 bits per heavy atom. The zero-order valence-corrected chi connectivity index (χ0v) is 15.5. The van der Waals surface area contributed by atoms with Crippen molar-refractivity contribution in [3.8, 4) is 0 Å². The number of carbonyl (C=O) groups excluding carboxylic acids is 2. The van der Waals surface area contributed by atoms with Gasteiger partial charge >= 0.3 is 0 Å². The lowest BCUT2D eigenvalue weighted by Crippen LogP contribution is -2.24. The van der Waals surface area contributed by atoms with Gasteiger partial charge in [0.15, 0.2) is 5.82 Å². The van der Waals surface area contributed by atoms with Crippen molar-refractivity contribution < 1.29 is 18.5 Å². The largest absolute Gasteiger partial charge is 0.343 e. The molecular weight excluding hydrogens is 375 g/mol. The molecule has 148 valence electrons. The summed E-state index contributed by atoms with van der Waals surface area (Å²) in [6.07, 6.45) is 0.288. The highest BCUT2D eigenvalue weighted by Gasteiger charge is 2.33. The number of aromatic nitrogens is 2. The number of hydrogen-bond donors (Lipinski definition) is 1. The summed E-state index contributed by atoms with van der Waals surface area (Å²) in [4.78, 5) is 30.4. The molecule has 8 heteroatoms. The first-order valence-electron chi connectivity index (χ1n) is 9.26. The number of hydrogen-bond acceptors (Lipinski definition) is 5. The minimum atomic E-state index is -0.307. The van der Waals surface area contributed by atoms with Gasteiger partial charge in [-0.2, -0.15) is 4.98 Å². The van der Waals surface area contributed by atoms with Gasteiger partial charge in [0.1, 0.15) is 5.82 Å². The number of nitrogens with zero attached hydrogens (tertiary/aromatic N) is 3. The van der Waals surface area contributed by atoms with E-state index < -0.39 is 0 Å². The molecule has 0 saturated carbocycles. The van der Waals surface area contributed by atoms with Crippen LogP contribution in [0.25, 0.3) is 0 Å². The average Bonchev–Trinajstić information content (AvgIpc) is 3.35. The van der Waals surface area contributed by atoms with Crippen molar-refractivity contribution >= 4 is 11.8 Å². The first-order chi connectivity index (χ1) is 14.1. The van der Waals surface area contributed by atoms with E-state index in [0.29, 0.717) is 24.5 Å². The Balaban J connectivity index is 1.34. The zero-order chi connectivity index (χ0) is 20.2. The van der Waals surface area contributed by atoms with Crippen molar-refractivity contribution in [3.63, 3.8) is 0 Å². The van der Waals surface area contributed by atoms with Crippen LogP contribution in [0, 0.1) is 5.82 Å². The highest BCUT2D eigenvalue weighted by molar-refractivity contribution is 5.93. The van der Waals surface area contributed by atoms with Gasteiger partial charge in [-0.1, -0.05) is 35.5 Å². The molecule has 1 saturated heterocycles. The van der Waals surface area contributed by atoms with E-state index >= 15 is 0 Å². The van der Waals surface area contributed by atoms with Gasteiger partial charge in [-0.05, 0) is 29.8 Å². The van der Waals surface area contributed by atoms with Gasteiger partial charge in [0, 0.05) is 31.0 Å². The first kappa shape index (κ1) is 18.8. The fourth-order valence-electron chi connectivity index (χ4n) is 3.26. The summed E-state index contributed by atoms with van der Waals surface area (Å²) in [7, 11) is 0. The molecule has 4 rings (SSSR count). The van der Waals surface area contributed by atoms with E-state index in [2.05, 4.69) is 15.5 Å². The van der Waals surface area contributed by atoms with Crippen LogP contribution in [0.1, 0.15) is 40.0 Å². The number of carbonyl (C=O) groups is 2. The van der Waals surface area contributed by atoms with Gasteiger partial charge in [-0.25, -0.2) is 4.39 Å². The second-order valence-electron chi connectivity index (χ2n) is 6.90. The van der Waals surface area contributed by atoms with Crippen LogP contribution >= 0.6 is 0 Å². The molecule has 1 aliphatic rings. The number of nitrogens with one attached hydrogen (secondary N) is 1. The van der Waals surface area contributed by atoms with Gasteiger partial charge in [-0.15, -0.1) is 0 Å². The Bertz CT molecular complexity index is 1000. The van der Waals surface area contributed by atoms with E-state index in [1.165, 1.54) is 12.1 Å². The molecule has 1 aliphatic heterocycles. The van der Waals surface area contributed by atoms with E-state index in [0.717, 1.165) is 5.56 Å². The minimum absolute atomic E-state index is 0.0111. The topological polar surface area (TPSA) is 88.3 Å². The second kappa shape index (κ2) is 8.22. The SMILES string of the molecule is O=C(NCc1nc([C@@H]2CC(=O)N(Cc3ccc(F)cc3)C2)no1)c1ccccc1. The van der Waals surface area contributed by atoms with Crippen LogP contribution in [0.5, 0.6) is 0 Å². The summed E-state index contributed by atoms with van der Waals surface area (Å²) < 4.78 is 18.3. The van der Waals surface area contributed by atoms with E-state index in [1.807, 2.05) is 6.07 Å². The van der Waals surface area contributed by atoms with E-state index in [4.69, 9.17) is 4.52 Å². The van der Waals surface area contributed by atoms with Gasteiger partial charge in [0.05, 0.1) is 6.54 Å². The van der Waals surface area contributed by atoms with Crippen molar-refractivity contribution in [2.45, 2.75) is 25.4 Å². The monoisotopic (exact) mass is 394 g/mol. The smallest absolute Gasteiger partial charge is 0.251 e. The third kappa shape index (κ3) is 4.48. The Kier molecular flexibility index (Phi) is 5.33. The quantitative estimate of drug-likeness (QED) is 0.694. The summed E-state index contributed by atoms with van der Waals surface area (Å²) in [5, 5.41) is 6.70. The molecule has 3 aromatic rings. The van der Waals surface area contributed by atoms with E-state index in [-0.39, 0.29) is 42.4 Å². The zero-order valence-electron chi connectivity index (χ0n) is 15.5. The molecule has 0 radical (unpaired) electrons. The third-order valence-corrected chi connectivity index (χ3v) is 4.79. The maximum absolute atomic E-state index is 13.0. The fraction of sp³-hybridized carbons (Fsp3) is 0.238. The lowest BCUT2D eigenvalue weighted by Gasteiger charge is -2.16. The maximum atomic E-state index is 13.0. The van der Waals surface area contributed by atoms with Gasteiger partial charge in [0.2, 0.25) is 11.8 Å². The normalized spacial score (nSPS) is 16.2. The predicted octanol–water partition coefficient (Wildman–Crippen LogP) is 2.65. The van der Waals surface area contributed by atoms with Gasteiger partial charge in [-0.3, -0.25) is 9.59 Å².